The normalized spacial score (nSPS) is 20.6. The van der Waals surface area contributed by atoms with Crippen molar-refractivity contribution < 1.29 is 14.3 Å². The molecule has 0 spiro atoms. The third-order valence-electron chi connectivity index (χ3n) is 6.51. The van der Waals surface area contributed by atoms with Crippen molar-refractivity contribution in [1.29, 1.82) is 0 Å². The number of nitrogen functional groups attached to an aromatic ring is 1. The Morgan fingerprint density at radius 1 is 1.34 bits per heavy atom. The van der Waals surface area contributed by atoms with Crippen LogP contribution >= 0.6 is 0 Å². The van der Waals surface area contributed by atoms with Crippen molar-refractivity contribution in [2.24, 2.45) is 5.92 Å². The van der Waals surface area contributed by atoms with Crippen molar-refractivity contribution in [2.75, 3.05) is 37.8 Å². The molecule has 0 amide bonds. The number of hydrogen-bond acceptors (Lipinski definition) is 5. The van der Waals surface area contributed by atoms with E-state index < -0.39 is 17.2 Å². The molecule has 156 valence electrons. The highest BCUT2D eigenvalue weighted by Gasteiger charge is 2.32. The zero-order chi connectivity index (χ0) is 21.0. The summed E-state index contributed by atoms with van der Waals surface area (Å²) in [5.41, 5.74) is 5.62. The van der Waals surface area contributed by atoms with E-state index in [4.69, 9.17) is 5.73 Å². The molecule has 2 unspecified atom stereocenters. The molecular formula is C21H27FN4O3. The van der Waals surface area contributed by atoms with Crippen LogP contribution in [0.4, 0.5) is 15.8 Å². The van der Waals surface area contributed by atoms with Gasteiger partial charge in [-0.05, 0) is 52.3 Å². The van der Waals surface area contributed by atoms with Crippen LogP contribution in [-0.4, -0.2) is 53.8 Å². The quantitative estimate of drug-likeness (QED) is 0.747. The van der Waals surface area contributed by atoms with Crippen LogP contribution in [0.2, 0.25) is 0 Å². The number of anilines is 2. The number of hydrogen-bond donors (Lipinski definition) is 2. The second kappa shape index (κ2) is 7.02. The lowest BCUT2D eigenvalue weighted by Crippen LogP contribution is -2.34. The Balaban J connectivity index is 1.85. The molecule has 1 aromatic heterocycles. The summed E-state index contributed by atoms with van der Waals surface area (Å²) in [5.74, 6) is -1.56. The Bertz CT molecular complexity index is 1040. The molecule has 0 radical (unpaired) electrons. The number of halogens is 1. The molecular weight excluding hydrogens is 375 g/mol. The molecule has 7 nitrogen and oxygen atoms in total. The Morgan fingerprint density at radius 2 is 2.03 bits per heavy atom. The van der Waals surface area contributed by atoms with E-state index >= 15 is 4.39 Å². The van der Waals surface area contributed by atoms with Crippen molar-refractivity contribution in [3.63, 3.8) is 0 Å². The molecule has 2 atom stereocenters. The standard InChI is InChI=1S/C21H27FN4O3/c1-11(24(2)3)12-6-7-25(9-12)16-8-15-17(19(23)18(16)22)20(27)14(21(28)29)10-26(15)13-4-5-13/h8,10-13H,4-7,9,23H2,1-3H3,(H,28,29). The SMILES string of the molecule is CC(C1CCN(c2cc3c(c(N)c2F)c(=O)c(C(=O)O)cn3C2CC2)C1)N(C)C. The number of nitrogens with two attached hydrogens (primary N) is 1. The van der Waals surface area contributed by atoms with E-state index in [0.717, 1.165) is 19.3 Å². The van der Waals surface area contributed by atoms with Crippen molar-refractivity contribution in [3.8, 4) is 0 Å². The summed E-state index contributed by atoms with van der Waals surface area (Å²) in [5, 5.41) is 9.37. The number of carbonyl (C=O) groups is 1. The van der Waals surface area contributed by atoms with Crippen LogP contribution in [0.3, 0.4) is 0 Å². The first-order chi connectivity index (χ1) is 13.7. The molecule has 1 saturated heterocycles. The molecule has 1 aliphatic heterocycles. The Hall–Kier alpha value is -2.61. The van der Waals surface area contributed by atoms with Crippen molar-refractivity contribution in [1.82, 2.24) is 9.47 Å². The van der Waals surface area contributed by atoms with E-state index in [1.165, 1.54) is 6.20 Å². The Morgan fingerprint density at radius 3 is 2.62 bits per heavy atom. The van der Waals surface area contributed by atoms with Crippen molar-refractivity contribution in [3.05, 3.63) is 33.9 Å². The van der Waals surface area contributed by atoms with Gasteiger partial charge in [-0.2, -0.15) is 0 Å². The summed E-state index contributed by atoms with van der Waals surface area (Å²) in [7, 11) is 4.08. The number of aromatic carboxylic acids is 1. The third kappa shape index (κ3) is 3.25. The molecule has 29 heavy (non-hydrogen) atoms. The topological polar surface area (TPSA) is 91.8 Å². The Kier molecular flexibility index (Phi) is 4.77. The highest BCUT2D eigenvalue weighted by Crippen LogP contribution is 2.40. The highest BCUT2D eigenvalue weighted by atomic mass is 19.1. The Labute approximate surface area is 168 Å². The third-order valence-corrected chi connectivity index (χ3v) is 6.51. The van der Waals surface area contributed by atoms with Gasteiger partial charge in [0.2, 0.25) is 5.43 Å². The highest BCUT2D eigenvalue weighted by molar-refractivity contribution is 5.99. The smallest absolute Gasteiger partial charge is 0.341 e. The van der Waals surface area contributed by atoms with Crippen LogP contribution in [0.25, 0.3) is 10.9 Å². The molecule has 1 aliphatic carbocycles. The van der Waals surface area contributed by atoms with Gasteiger partial charge in [0.1, 0.15) is 5.56 Å². The summed E-state index contributed by atoms with van der Waals surface area (Å²) in [6, 6.07) is 2.16. The number of fused-ring (bicyclic) bond motifs is 1. The van der Waals surface area contributed by atoms with Crippen LogP contribution in [0.15, 0.2) is 17.1 Å². The number of carboxylic acid groups (broad SMARTS) is 1. The minimum absolute atomic E-state index is 0.0320. The molecule has 3 N–H and O–H groups in total. The fourth-order valence-corrected chi connectivity index (χ4v) is 4.35. The molecule has 2 fully saturated rings. The van der Waals surface area contributed by atoms with Gasteiger partial charge in [0.25, 0.3) is 0 Å². The monoisotopic (exact) mass is 402 g/mol. The van der Waals surface area contributed by atoms with Gasteiger partial charge >= 0.3 is 5.97 Å². The van der Waals surface area contributed by atoms with Gasteiger partial charge < -0.3 is 25.2 Å². The molecule has 2 heterocycles. The first kappa shape index (κ1) is 19.7. The number of rotatable bonds is 5. The lowest BCUT2D eigenvalue weighted by atomic mass is 10.00. The maximum absolute atomic E-state index is 15.3. The van der Waals surface area contributed by atoms with Gasteiger partial charge in [0, 0.05) is 31.4 Å². The molecule has 2 aliphatic rings. The van der Waals surface area contributed by atoms with Crippen LogP contribution in [0, 0.1) is 11.7 Å². The molecule has 4 rings (SSSR count). The minimum Gasteiger partial charge on any atom is -0.477 e. The van der Waals surface area contributed by atoms with Gasteiger partial charge in [-0.3, -0.25) is 4.79 Å². The zero-order valence-electron chi connectivity index (χ0n) is 17.0. The second-order valence-corrected chi connectivity index (χ2v) is 8.53. The molecule has 1 saturated carbocycles. The number of nitrogens with zero attached hydrogens (tertiary/aromatic N) is 3. The summed E-state index contributed by atoms with van der Waals surface area (Å²) in [4.78, 5) is 28.4. The van der Waals surface area contributed by atoms with Gasteiger partial charge in [-0.15, -0.1) is 0 Å². The van der Waals surface area contributed by atoms with Crippen molar-refractivity contribution >= 4 is 28.2 Å². The summed E-state index contributed by atoms with van der Waals surface area (Å²) < 4.78 is 17.0. The lowest BCUT2D eigenvalue weighted by Gasteiger charge is -2.27. The van der Waals surface area contributed by atoms with E-state index in [9.17, 15) is 14.7 Å². The van der Waals surface area contributed by atoms with Crippen LogP contribution in [0.5, 0.6) is 0 Å². The number of carboxylic acids is 1. The molecule has 8 heteroatoms. The zero-order valence-corrected chi connectivity index (χ0v) is 17.0. The predicted molar refractivity (Wildman–Crippen MR) is 111 cm³/mol. The average Bonchev–Trinajstić information content (AvgIpc) is 3.39. The predicted octanol–water partition coefficient (Wildman–Crippen LogP) is 2.53. The minimum atomic E-state index is -1.32. The lowest BCUT2D eigenvalue weighted by molar-refractivity contribution is 0.0695. The fourth-order valence-electron chi connectivity index (χ4n) is 4.35. The number of pyridine rings is 1. The second-order valence-electron chi connectivity index (χ2n) is 8.53. The average molecular weight is 402 g/mol. The van der Waals surface area contributed by atoms with E-state index in [1.807, 2.05) is 19.0 Å². The molecule has 2 aromatic rings. The number of aromatic nitrogens is 1. The van der Waals surface area contributed by atoms with Crippen molar-refractivity contribution in [2.45, 2.75) is 38.3 Å². The van der Waals surface area contributed by atoms with Crippen LogP contribution < -0.4 is 16.1 Å². The maximum atomic E-state index is 15.3. The fraction of sp³-hybridized carbons (Fsp3) is 0.524. The maximum Gasteiger partial charge on any atom is 0.341 e. The summed E-state index contributed by atoms with van der Waals surface area (Å²) >= 11 is 0. The van der Waals surface area contributed by atoms with E-state index in [1.54, 1.807) is 10.6 Å². The van der Waals surface area contributed by atoms with Crippen LogP contribution in [-0.2, 0) is 0 Å². The van der Waals surface area contributed by atoms with Gasteiger partial charge in [-0.1, -0.05) is 0 Å². The van der Waals surface area contributed by atoms with Gasteiger partial charge in [0.15, 0.2) is 5.82 Å². The molecule has 0 bridgehead atoms. The molecule has 1 aromatic carbocycles. The van der Waals surface area contributed by atoms with Gasteiger partial charge in [-0.25, -0.2) is 9.18 Å². The summed E-state index contributed by atoms with van der Waals surface area (Å²) in [6.45, 7) is 3.59. The largest absolute Gasteiger partial charge is 0.477 e. The van der Waals surface area contributed by atoms with Gasteiger partial charge in [0.05, 0.1) is 22.3 Å². The summed E-state index contributed by atoms with van der Waals surface area (Å²) in [6.07, 6.45) is 4.13. The first-order valence-electron chi connectivity index (χ1n) is 10.0. The van der Waals surface area contributed by atoms with E-state index in [2.05, 4.69) is 11.8 Å². The van der Waals surface area contributed by atoms with E-state index in [0.29, 0.717) is 36.3 Å². The van der Waals surface area contributed by atoms with E-state index in [-0.39, 0.29) is 22.7 Å². The number of benzene rings is 1. The van der Waals surface area contributed by atoms with Crippen LogP contribution in [0.1, 0.15) is 42.6 Å². The first-order valence-corrected chi connectivity index (χ1v) is 10.0.